The maximum atomic E-state index is 4.05. The third-order valence-electron chi connectivity index (χ3n) is 4.95. The quantitative estimate of drug-likeness (QED) is 0.775. The van der Waals surface area contributed by atoms with Crippen molar-refractivity contribution in [1.82, 2.24) is 5.32 Å². The molecular formula is C17H27N. The number of allylic oxidation sites excluding steroid dienone is 3. The fraction of sp³-hybridized carbons (Fsp3) is 0.647. The van der Waals surface area contributed by atoms with Crippen molar-refractivity contribution in [3.8, 4) is 0 Å². The average Bonchev–Trinajstić information content (AvgIpc) is 2.68. The summed E-state index contributed by atoms with van der Waals surface area (Å²) in [5.74, 6) is 1.76. The van der Waals surface area contributed by atoms with Gasteiger partial charge in [0.2, 0.25) is 0 Å². The molecule has 1 heterocycles. The van der Waals surface area contributed by atoms with Crippen molar-refractivity contribution in [1.29, 1.82) is 0 Å². The van der Waals surface area contributed by atoms with E-state index in [1.54, 1.807) is 0 Å². The second-order valence-electron chi connectivity index (χ2n) is 6.25. The number of nitrogens with one attached hydrogen (secondary N) is 1. The smallest absolute Gasteiger partial charge is 0.0375 e. The van der Waals surface area contributed by atoms with Gasteiger partial charge in [0.05, 0.1) is 0 Å². The van der Waals surface area contributed by atoms with E-state index in [2.05, 4.69) is 50.9 Å². The predicted molar refractivity (Wildman–Crippen MR) is 79.3 cm³/mol. The summed E-state index contributed by atoms with van der Waals surface area (Å²) in [6.07, 6.45) is 11.8. The Morgan fingerprint density at radius 3 is 2.50 bits per heavy atom. The van der Waals surface area contributed by atoms with Gasteiger partial charge in [-0.3, -0.25) is 0 Å². The van der Waals surface area contributed by atoms with Crippen LogP contribution in [0.15, 0.2) is 36.1 Å². The van der Waals surface area contributed by atoms with Crippen LogP contribution < -0.4 is 5.32 Å². The number of hydrogen-bond acceptors (Lipinski definition) is 1. The molecule has 1 fully saturated rings. The van der Waals surface area contributed by atoms with Gasteiger partial charge in [0.15, 0.2) is 0 Å². The van der Waals surface area contributed by atoms with Gasteiger partial charge in [-0.1, -0.05) is 32.6 Å². The van der Waals surface area contributed by atoms with E-state index >= 15 is 0 Å². The van der Waals surface area contributed by atoms with Gasteiger partial charge in [-0.25, -0.2) is 0 Å². The van der Waals surface area contributed by atoms with Crippen molar-refractivity contribution in [2.45, 2.75) is 46.5 Å². The molecule has 0 saturated heterocycles. The van der Waals surface area contributed by atoms with Gasteiger partial charge in [0, 0.05) is 17.7 Å². The van der Waals surface area contributed by atoms with Crippen LogP contribution in [0.2, 0.25) is 0 Å². The molecule has 1 heteroatoms. The van der Waals surface area contributed by atoms with Crippen molar-refractivity contribution in [3.05, 3.63) is 36.1 Å². The van der Waals surface area contributed by atoms with E-state index in [4.69, 9.17) is 0 Å². The van der Waals surface area contributed by atoms with Crippen molar-refractivity contribution in [2.75, 3.05) is 6.54 Å². The molecule has 0 amide bonds. The summed E-state index contributed by atoms with van der Waals surface area (Å²) in [5, 5.41) is 3.58. The zero-order chi connectivity index (χ0) is 13.2. The van der Waals surface area contributed by atoms with Gasteiger partial charge in [0.1, 0.15) is 0 Å². The minimum absolute atomic E-state index is 0.377. The maximum Gasteiger partial charge on any atom is 0.0375 e. The lowest BCUT2D eigenvalue weighted by Gasteiger charge is -2.39. The van der Waals surface area contributed by atoms with Crippen molar-refractivity contribution < 1.29 is 0 Å². The second kappa shape index (κ2) is 5.34. The van der Waals surface area contributed by atoms with Crippen LogP contribution in [0.25, 0.3) is 0 Å². The Bertz CT molecular complexity index is 365. The Hall–Kier alpha value is -0.980. The Labute approximate surface area is 112 Å². The van der Waals surface area contributed by atoms with Crippen LogP contribution in [0, 0.1) is 17.3 Å². The highest BCUT2D eigenvalue weighted by Crippen LogP contribution is 2.49. The fourth-order valence-electron chi connectivity index (χ4n) is 3.69. The van der Waals surface area contributed by atoms with E-state index in [1.807, 2.05) is 0 Å². The van der Waals surface area contributed by atoms with Gasteiger partial charge in [-0.05, 0) is 56.1 Å². The molecule has 1 spiro atoms. The monoisotopic (exact) mass is 245 g/mol. The third kappa shape index (κ3) is 2.28. The minimum atomic E-state index is 0.377. The van der Waals surface area contributed by atoms with E-state index in [0.717, 1.165) is 18.4 Å². The average molecular weight is 245 g/mol. The highest BCUT2D eigenvalue weighted by atomic mass is 14.9. The SMILES string of the molecule is C=CC1=C(/C=C\C)NCC12CCC(C(C)C)CC2. The summed E-state index contributed by atoms with van der Waals surface area (Å²) >= 11 is 0. The van der Waals surface area contributed by atoms with Crippen molar-refractivity contribution in [3.63, 3.8) is 0 Å². The highest BCUT2D eigenvalue weighted by molar-refractivity contribution is 5.41. The lowest BCUT2D eigenvalue weighted by molar-refractivity contribution is 0.171. The molecule has 1 nitrogen and oxygen atoms in total. The Morgan fingerprint density at radius 1 is 1.33 bits per heavy atom. The van der Waals surface area contributed by atoms with E-state index in [0.29, 0.717) is 5.41 Å². The lowest BCUT2D eigenvalue weighted by atomic mass is 9.65. The first-order valence-corrected chi connectivity index (χ1v) is 7.37. The minimum Gasteiger partial charge on any atom is -0.384 e. The lowest BCUT2D eigenvalue weighted by Crippen LogP contribution is -2.33. The van der Waals surface area contributed by atoms with Crippen LogP contribution in [-0.4, -0.2) is 6.54 Å². The first-order chi connectivity index (χ1) is 8.63. The van der Waals surface area contributed by atoms with Crippen LogP contribution >= 0.6 is 0 Å². The zero-order valence-corrected chi connectivity index (χ0v) is 12.1. The largest absolute Gasteiger partial charge is 0.384 e. The van der Waals surface area contributed by atoms with Gasteiger partial charge in [-0.2, -0.15) is 0 Å². The molecule has 0 aromatic heterocycles. The van der Waals surface area contributed by atoms with E-state index < -0.39 is 0 Å². The van der Waals surface area contributed by atoms with E-state index in [1.165, 1.54) is 37.0 Å². The second-order valence-corrected chi connectivity index (χ2v) is 6.25. The van der Waals surface area contributed by atoms with Crippen LogP contribution in [0.4, 0.5) is 0 Å². The van der Waals surface area contributed by atoms with E-state index in [9.17, 15) is 0 Å². The van der Waals surface area contributed by atoms with Gasteiger partial charge < -0.3 is 5.32 Å². The topological polar surface area (TPSA) is 12.0 Å². The van der Waals surface area contributed by atoms with Gasteiger partial charge in [-0.15, -0.1) is 0 Å². The van der Waals surface area contributed by atoms with Crippen LogP contribution in [-0.2, 0) is 0 Å². The molecule has 1 aliphatic carbocycles. The van der Waals surface area contributed by atoms with E-state index in [-0.39, 0.29) is 0 Å². The normalized spacial score (nSPS) is 32.6. The third-order valence-corrected chi connectivity index (χ3v) is 4.95. The molecule has 0 aromatic carbocycles. The van der Waals surface area contributed by atoms with Crippen LogP contribution in [0.1, 0.15) is 46.5 Å². The Kier molecular flexibility index (Phi) is 3.99. The summed E-state index contributed by atoms with van der Waals surface area (Å²) in [6.45, 7) is 12.0. The molecule has 1 saturated carbocycles. The summed E-state index contributed by atoms with van der Waals surface area (Å²) in [7, 11) is 0. The van der Waals surface area contributed by atoms with Gasteiger partial charge in [0.25, 0.3) is 0 Å². The standard InChI is InChI=1S/C17H27N/c1-5-7-16-15(6-2)17(12-18-16)10-8-14(9-11-17)13(3)4/h5-7,13-14,18H,2,8-12H2,1,3-4H3/b7-5-. The van der Waals surface area contributed by atoms with Crippen molar-refractivity contribution >= 4 is 0 Å². The molecule has 100 valence electrons. The van der Waals surface area contributed by atoms with Crippen LogP contribution in [0.5, 0.6) is 0 Å². The first kappa shape index (κ1) is 13.5. The molecule has 2 rings (SSSR count). The zero-order valence-electron chi connectivity index (χ0n) is 12.1. The van der Waals surface area contributed by atoms with Gasteiger partial charge >= 0.3 is 0 Å². The molecule has 0 unspecified atom stereocenters. The number of rotatable bonds is 3. The number of hydrogen-bond donors (Lipinski definition) is 1. The summed E-state index contributed by atoms with van der Waals surface area (Å²) in [4.78, 5) is 0. The summed E-state index contributed by atoms with van der Waals surface area (Å²) in [6, 6.07) is 0. The summed E-state index contributed by atoms with van der Waals surface area (Å²) in [5.41, 5.74) is 3.14. The molecule has 0 radical (unpaired) electrons. The van der Waals surface area contributed by atoms with Crippen molar-refractivity contribution in [2.24, 2.45) is 17.3 Å². The molecule has 1 aliphatic heterocycles. The molecule has 0 atom stereocenters. The maximum absolute atomic E-state index is 4.05. The molecule has 18 heavy (non-hydrogen) atoms. The van der Waals surface area contributed by atoms with Crippen LogP contribution in [0.3, 0.4) is 0 Å². The Morgan fingerprint density at radius 2 is 2.00 bits per heavy atom. The molecule has 1 N–H and O–H groups in total. The predicted octanol–water partition coefficient (Wildman–Crippen LogP) is 4.44. The molecule has 0 aromatic rings. The highest BCUT2D eigenvalue weighted by Gasteiger charge is 2.42. The molecule has 0 bridgehead atoms. The summed E-state index contributed by atoms with van der Waals surface area (Å²) < 4.78 is 0. The Balaban J connectivity index is 2.17. The first-order valence-electron chi connectivity index (χ1n) is 7.37. The fourth-order valence-corrected chi connectivity index (χ4v) is 3.69. The molecular weight excluding hydrogens is 218 g/mol. The molecule has 2 aliphatic rings.